The molecule has 129 heavy (non-hydrogen) atoms. The predicted octanol–water partition coefficient (Wildman–Crippen LogP) is -1.48. The average Bonchev–Trinajstić information content (AvgIpc) is 0.819. The molecule has 0 aliphatic carbocycles. The van der Waals surface area contributed by atoms with E-state index < -0.39 is 189 Å². The highest BCUT2D eigenvalue weighted by molar-refractivity contribution is 5.95. The van der Waals surface area contributed by atoms with Crippen molar-refractivity contribution in [3.63, 3.8) is 0 Å². The molecule has 0 bridgehead atoms. The van der Waals surface area contributed by atoms with Crippen LogP contribution in [0.4, 0.5) is 0 Å². The van der Waals surface area contributed by atoms with Crippen LogP contribution in [0.25, 0.3) is 0 Å². The summed E-state index contributed by atoms with van der Waals surface area (Å²) in [6.07, 6.45) is 2.55. The number of hydrogen-bond acceptors (Lipinski definition) is 34. The first-order chi connectivity index (χ1) is 62.0. The van der Waals surface area contributed by atoms with Crippen LogP contribution in [-0.2, 0) is 119 Å². The standard InChI is InChI=1S/C87H158N8O34/c1-8-9-10-11-12-13-14-15-16-17-18-19-20-30-69(103)88-31-26-23-29-64(82(113)87(5,6)7)95-83(114)62(27-21-24-32-89-70(104)56-121-43-40-115-34-37-118-46-49-124-84-73(91-59(2)99)79(110)76(107)66(53-96)127-84)52-65(102)63(94-72(106)58-123-45-42-117-36-39-120-48-51-126-86-75(93-61(4)101)81(112)78(109)68(55-98)129-86)28-22-25-33-90-71(105)57-122-44-41-116-35-38-119-47-50-125-85-74(92-60(3)100)80(111)77(108)67(54-97)128-85/h62-64,66-68,73-81,84-86,96-98,107-112H,8-58H2,1-7H3,(H,88,103)(H,89,104)(H,90,105)(H,91,99)(H,92,100)(H,93,101)(H,94,106)(H,95,114)/t62-,63+,64-,66-,67-,68-,73-,74-,75-,76+,77+,78+,79-,80-,81-,84-,85-,86-/m1/s1. The minimum Gasteiger partial charge on any atom is -0.394 e. The zero-order chi connectivity index (χ0) is 95.0. The summed E-state index contributed by atoms with van der Waals surface area (Å²) in [5.74, 6) is -5.40. The first-order valence-corrected chi connectivity index (χ1v) is 46.2. The van der Waals surface area contributed by atoms with Crippen molar-refractivity contribution >= 4 is 58.8 Å². The molecule has 0 spiro atoms. The molecule has 42 nitrogen and oxygen atoms in total. The second-order valence-corrected chi connectivity index (χ2v) is 33.4. The first kappa shape index (κ1) is 117. The minimum atomic E-state index is -1.48. The second-order valence-electron chi connectivity index (χ2n) is 33.4. The zero-order valence-corrected chi connectivity index (χ0v) is 77.2. The Bertz CT molecular complexity index is 3050. The molecule has 0 aromatic rings. The van der Waals surface area contributed by atoms with Crippen molar-refractivity contribution in [3.8, 4) is 0 Å². The first-order valence-electron chi connectivity index (χ1n) is 46.2. The van der Waals surface area contributed by atoms with Crippen molar-refractivity contribution in [1.29, 1.82) is 0 Å². The fraction of sp³-hybridized carbons (Fsp3) is 0.885. The number of amides is 8. The smallest absolute Gasteiger partial charge is 0.246 e. The maximum Gasteiger partial charge on any atom is 0.246 e. The van der Waals surface area contributed by atoms with Crippen LogP contribution in [0.2, 0.25) is 0 Å². The van der Waals surface area contributed by atoms with Gasteiger partial charge in [0.15, 0.2) is 30.4 Å². The number of carbonyl (C=O) groups is 10. The highest BCUT2D eigenvalue weighted by Crippen LogP contribution is 2.27. The molecular formula is C87H158N8O34. The number of nitrogens with one attached hydrogen (secondary N) is 8. The molecule has 0 aromatic heterocycles. The summed E-state index contributed by atoms with van der Waals surface area (Å²) in [5.41, 5.74) is -0.897. The van der Waals surface area contributed by atoms with Gasteiger partial charge in [-0.25, -0.2) is 0 Å². The number of unbranched alkanes of at least 4 members (excludes halogenated alkanes) is 15. The Morgan fingerprint density at radius 2 is 0.643 bits per heavy atom. The number of carbonyl (C=O) groups excluding carboxylic acids is 10. The number of ether oxygens (including phenoxy) is 15. The highest BCUT2D eigenvalue weighted by Gasteiger charge is 2.48. The quantitative estimate of drug-likeness (QED) is 0.0309. The van der Waals surface area contributed by atoms with Crippen molar-refractivity contribution in [2.75, 3.05) is 178 Å². The van der Waals surface area contributed by atoms with E-state index in [0.717, 1.165) is 25.7 Å². The summed E-state index contributed by atoms with van der Waals surface area (Å²) in [6, 6.07) is -5.45. The molecule has 0 unspecified atom stereocenters. The predicted molar refractivity (Wildman–Crippen MR) is 464 cm³/mol. The Morgan fingerprint density at radius 3 is 0.977 bits per heavy atom. The Hall–Kier alpha value is -5.86. The van der Waals surface area contributed by atoms with Gasteiger partial charge in [0.25, 0.3) is 0 Å². The van der Waals surface area contributed by atoms with Crippen LogP contribution < -0.4 is 42.5 Å². The third-order valence-electron chi connectivity index (χ3n) is 21.4. The molecule has 42 heteroatoms. The van der Waals surface area contributed by atoms with E-state index in [1.165, 1.54) is 78.6 Å². The van der Waals surface area contributed by atoms with Crippen molar-refractivity contribution in [3.05, 3.63) is 0 Å². The third-order valence-corrected chi connectivity index (χ3v) is 21.4. The van der Waals surface area contributed by atoms with Gasteiger partial charge in [-0.2, -0.15) is 0 Å². The van der Waals surface area contributed by atoms with Crippen LogP contribution in [0.1, 0.15) is 203 Å². The van der Waals surface area contributed by atoms with Crippen LogP contribution in [0, 0.1) is 11.3 Å². The van der Waals surface area contributed by atoms with Crippen LogP contribution >= 0.6 is 0 Å². The van der Waals surface area contributed by atoms with E-state index in [4.69, 9.17) is 71.1 Å². The van der Waals surface area contributed by atoms with Gasteiger partial charge in [0.05, 0.1) is 151 Å². The van der Waals surface area contributed by atoms with E-state index in [1.807, 2.05) is 0 Å². The van der Waals surface area contributed by atoms with Crippen molar-refractivity contribution in [2.45, 2.75) is 307 Å². The van der Waals surface area contributed by atoms with Gasteiger partial charge in [-0.3, -0.25) is 47.9 Å². The number of rotatable bonds is 78. The highest BCUT2D eigenvalue weighted by atomic mass is 16.7. The van der Waals surface area contributed by atoms with E-state index in [0.29, 0.717) is 51.5 Å². The average molecular weight is 1860 g/mol. The lowest BCUT2D eigenvalue weighted by Gasteiger charge is -2.42. The lowest BCUT2D eigenvalue weighted by atomic mass is 9.84. The van der Waals surface area contributed by atoms with Crippen LogP contribution in [0.15, 0.2) is 0 Å². The van der Waals surface area contributed by atoms with Crippen molar-refractivity contribution in [1.82, 2.24) is 42.5 Å². The topological polar surface area (TPSA) is 587 Å². The largest absolute Gasteiger partial charge is 0.394 e. The van der Waals surface area contributed by atoms with Gasteiger partial charge in [-0.05, 0) is 57.8 Å². The summed E-state index contributed by atoms with van der Waals surface area (Å²) in [6.45, 7) is 10.2. The van der Waals surface area contributed by atoms with E-state index in [1.54, 1.807) is 20.8 Å². The van der Waals surface area contributed by atoms with E-state index in [2.05, 4.69) is 49.5 Å². The molecule has 17 N–H and O–H groups in total. The molecule has 3 aliphatic rings. The fourth-order valence-corrected chi connectivity index (χ4v) is 14.3. The number of Topliss-reactive ketones (excluding diaryl/α,β-unsaturated/α-hetero) is 2. The Balaban J connectivity index is 1.64. The summed E-state index contributed by atoms with van der Waals surface area (Å²) in [7, 11) is 0. The fourth-order valence-electron chi connectivity index (χ4n) is 14.3. The number of ketones is 2. The Morgan fingerprint density at radius 1 is 0.341 bits per heavy atom. The van der Waals surface area contributed by atoms with Gasteiger partial charge in [0.2, 0.25) is 47.3 Å². The van der Waals surface area contributed by atoms with Crippen LogP contribution in [0.5, 0.6) is 0 Å². The molecular weight excluding hydrogens is 1700 g/mol. The summed E-state index contributed by atoms with van der Waals surface area (Å²) < 4.78 is 83.6. The monoisotopic (exact) mass is 1860 g/mol. The zero-order valence-electron chi connectivity index (χ0n) is 77.2. The molecule has 3 fully saturated rings. The van der Waals surface area contributed by atoms with E-state index in [-0.39, 0.29) is 183 Å². The maximum atomic E-state index is 14.8. The van der Waals surface area contributed by atoms with Crippen LogP contribution in [-0.4, -0.2) is 387 Å². The SMILES string of the molecule is CCCCCCCCCCCCCCCC(=O)NCCCC[C@@H](NC(=O)[C@H](CCCCNC(=O)COCCOCCOCCO[C@@H]1O[C@H](CO)[C@H](O)[C@H](O)[C@H]1NC(C)=O)CC(=O)[C@H](CCCCNC(=O)COCCOCCOCCO[C@@H]1O[C@H](CO)[C@H](O)[C@H](O)[C@H]1NC(C)=O)NC(=O)COCCOCCOCCO[C@@H]1O[C@H](CO)[C@H](O)[C@H](O)[C@H]1NC(C)=O)C(=O)C(C)(C)C. The molecule has 0 radical (unpaired) electrons. The molecule has 3 saturated heterocycles. The lowest BCUT2D eigenvalue weighted by molar-refractivity contribution is -0.272. The molecule has 3 aliphatic heterocycles. The molecule has 3 rings (SSSR count). The Labute approximate surface area is 759 Å². The molecule has 3 heterocycles. The molecule has 8 amide bonds. The number of aliphatic hydroxyl groups excluding tert-OH is 9. The normalized spacial score (nSPS) is 23.0. The molecule has 0 aromatic carbocycles. The second kappa shape index (κ2) is 71.7. The van der Waals surface area contributed by atoms with E-state index >= 15 is 0 Å². The van der Waals surface area contributed by atoms with Gasteiger partial charge in [0, 0.05) is 64.6 Å². The molecule has 750 valence electrons. The van der Waals surface area contributed by atoms with Crippen molar-refractivity contribution in [2.24, 2.45) is 11.3 Å². The van der Waals surface area contributed by atoms with Gasteiger partial charge < -0.3 is 160 Å². The molecule has 0 saturated carbocycles. The number of hydrogen-bond donors (Lipinski definition) is 17. The van der Waals surface area contributed by atoms with Crippen molar-refractivity contribution < 1.29 is 165 Å². The third kappa shape index (κ3) is 52.6. The minimum absolute atomic E-state index is 0.0266. The molecule has 18 atom stereocenters. The van der Waals surface area contributed by atoms with E-state index in [9.17, 15) is 93.9 Å². The lowest BCUT2D eigenvalue weighted by Crippen LogP contribution is -2.64. The Kier molecular flexibility index (Phi) is 65.2. The maximum absolute atomic E-state index is 14.8. The summed E-state index contributed by atoms with van der Waals surface area (Å²) >= 11 is 0. The summed E-state index contributed by atoms with van der Waals surface area (Å²) in [5, 5.41) is 113. The van der Waals surface area contributed by atoms with Gasteiger partial charge in [-0.1, -0.05) is 111 Å². The van der Waals surface area contributed by atoms with Gasteiger partial charge >= 0.3 is 0 Å². The number of aliphatic hydroxyl groups is 9. The van der Waals surface area contributed by atoms with Crippen LogP contribution in [0.3, 0.4) is 0 Å². The summed E-state index contributed by atoms with van der Waals surface area (Å²) in [4.78, 5) is 131. The van der Waals surface area contributed by atoms with Gasteiger partial charge in [0.1, 0.15) is 92.9 Å². The van der Waals surface area contributed by atoms with Gasteiger partial charge in [-0.15, -0.1) is 0 Å².